The van der Waals surface area contributed by atoms with E-state index in [1.165, 1.54) is 45.4 Å². The summed E-state index contributed by atoms with van der Waals surface area (Å²) in [4.78, 5) is 4.95. The molecular weight excluding hydrogens is 160 g/mol. The van der Waals surface area contributed by atoms with Crippen molar-refractivity contribution >= 4 is 0 Å². The standard InChI is InChI=1S/C11H21N2/c1-3-13-9-6-11(10-13)4-7-12(2)8-5-11/h3H,4-10H2,1-2H3. The summed E-state index contributed by atoms with van der Waals surface area (Å²) < 4.78 is 0. The molecule has 0 atom stereocenters. The Kier molecular flexibility index (Phi) is 2.61. The van der Waals surface area contributed by atoms with Crippen LogP contribution in [0.1, 0.15) is 26.2 Å². The maximum Gasteiger partial charge on any atom is 0.0220 e. The van der Waals surface area contributed by atoms with Gasteiger partial charge in [0.1, 0.15) is 0 Å². The second-order valence-electron chi connectivity index (χ2n) is 4.78. The zero-order valence-electron chi connectivity index (χ0n) is 8.92. The zero-order chi connectivity index (χ0) is 9.31. The van der Waals surface area contributed by atoms with Gasteiger partial charge in [0, 0.05) is 13.1 Å². The smallest absolute Gasteiger partial charge is 0.0220 e. The van der Waals surface area contributed by atoms with Gasteiger partial charge in [-0.25, -0.2) is 0 Å². The molecule has 0 aromatic carbocycles. The van der Waals surface area contributed by atoms with Crippen LogP contribution in [0, 0.1) is 12.0 Å². The second kappa shape index (κ2) is 3.58. The molecule has 2 nitrogen and oxygen atoms in total. The Balaban J connectivity index is 1.92. The van der Waals surface area contributed by atoms with Gasteiger partial charge in [-0.15, -0.1) is 0 Å². The first kappa shape index (κ1) is 9.47. The summed E-state index contributed by atoms with van der Waals surface area (Å²) in [6.45, 7) is 9.63. The molecule has 2 saturated heterocycles. The lowest BCUT2D eigenvalue weighted by Gasteiger charge is -2.37. The van der Waals surface area contributed by atoms with Crippen LogP contribution >= 0.6 is 0 Å². The van der Waals surface area contributed by atoms with E-state index in [2.05, 4.69) is 30.3 Å². The highest BCUT2D eigenvalue weighted by atomic mass is 15.2. The molecular formula is C11H21N2. The molecule has 2 aliphatic rings. The molecule has 75 valence electrons. The number of rotatable bonds is 1. The van der Waals surface area contributed by atoms with Crippen LogP contribution < -0.4 is 0 Å². The van der Waals surface area contributed by atoms with Crippen molar-refractivity contribution in [3.8, 4) is 0 Å². The third-order valence-corrected chi connectivity index (χ3v) is 3.88. The molecule has 2 heterocycles. The Morgan fingerprint density at radius 3 is 2.23 bits per heavy atom. The van der Waals surface area contributed by atoms with Crippen LogP contribution in [0.25, 0.3) is 0 Å². The van der Waals surface area contributed by atoms with Gasteiger partial charge in [-0.2, -0.15) is 0 Å². The van der Waals surface area contributed by atoms with Crippen LogP contribution in [0.15, 0.2) is 0 Å². The summed E-state index contributed by atoms with van der Waals surface area (Å²) in [7, 11) is 2.24. The Hall–Kier alpha value is -0.0800. The predicted molar refractivity (Wildman–Crippen MR) is 55.3 cm³/mol. The number of hydrogen-bond acceptors (Lipinski definition) is 2. The van der Waals surface area contributed by atoms with E-state index in [1.807, 2.05) is 0 Å². The molecule has 0 saturated carbocycles. The minimum absolute atomic E-state index is 0.680. The number of nitrogens with zero attached hydrogens (tertiary/aromatic N) is 2. The van der Waals surface area contributed by atoms with Crippen molar-refractivity contribution in [3.05, 3.63) is 6.54 Å². The quantitative estimate of drug-likeness (QED) is 0.606. The first-order valence-electron chi connectivity index (χ1n) is 5.46. The number of likely N-dealkylation sites (tertiary alicyclic amines) is 2. The van der Waals surface area contributed by atoms with E-state index in [-0.39, 0.29) is 0 Å². The molecule has 2 aliphatic heterocycles. The molecule has 13 heavy (non-hydrogen) atoms. The fraction of sp³-hybridized carbons (Fsp3) is 0.909. The molecule has 0 bridgehead atoms. The van der Waals surface area contributed by atoms with Gasteiger partial charge in [0.15, 0.2) is 0 Å². The fourth-order valence-corrected chi connectivity index (χ4v) is 2.69. The Morgan fingerprint density at radius 2 is 1.69 bits per heavy atom. The molecule has 2 heteroatoms. The molecule has 0 N–H and O–H groups in total. The minimum atomic E-state index is 0.680. The van der Waals surface area contributed by atoms with Crippen LogP contribution in [0.2, 0.25) is 0 Å². The van der Waals surface area contributed by atoms with Crippen molar-refractivity contribution in [2.45, 2.75) is 26.2 Å². The van der Waals surface area contributed by atoms with Crippen LogP contribution in [0.3, 0.4) is 0 Å². The highest BCUT2D eigenvalue weighted by Crippen LogP contribution is 2.40. The predicted octanol–water partition coefficient (Wildman–Crippen LogP) is 1.59. The van der Waals surface area contributed by atoms with E-state index in [1.54, 1.807) is 0 Å². The zero-order valence-corrected chi connectivity index (χ0v) is 8.92. The van der Waals surface area contributed by atoms with Crippen molar-refractivity contribution in [2.24, 2.45) is 5.41 Å². The van der Waals surface area contributed by atoms with Crippen LogP contribution in [-0.4, -0.2) is 43.0 Å². The average Bonchev–Trinajstić information content (AvgIpc) is 2.55. The third-order valence-electron chi connectivity index (χ3n) is 3.88. The molecule has 0 aromatic rings. The third kappa shape index (κ3) is 1.89. The first-order chi connectivity index (χ1) is 6.24. The lowest BCUT2D eigenvalue weighted by atomic mass is 9.78. The van der Waals surface area contributed by atoms with Gasteiger partial charge in [-0.05, 0) is 58.3 Å². The van der Waals surface area contributed by atoms with Gasteiger partial charge < -0.3 is 4.90 Å². The van der Waals surface area contributed by atoms with E-state index in [0.717, 1.165) is 0 Å². The molecule has 0 unspecified atom stereocenters. The fourth-order valence-electron chi connectivity index (χ4n) is 2.69. The molecule has 0 amide bonds. The lowest BCUT2D eigenvalue weighted by Crippen LogP contribution is -2.39. The van der Waals surface area contributed by atoms with Crippen LogP contribution in [0.5, 0.6) is 0 Å². The second-order valence-corrected chi connectivity index (χ2v) is 4.78. The largest absolute Gasteiger partial charge is 0.306 e. The molecule has 2 rings (SSSR count). The first-order valence-corrected chi connectivity index (χ1v) is 5.46. The number of piperidine rings is 1. The topological polar surface area (TPSA) is 6.48 Å². The highest BCUT2D eigenvalue weighted by molar-refractivity contribution is 4.94. The molecule has 0 aliphatic carbocycles. The van der Waals surface area contributed by atoms with Gasteiger partial charge in [-0.3, -0.25) is 4.90 Å². The van der Waals surface area contributed by atoms with E-state index in [9.17, 15) is 0 Å². The average molecular weight is 181 g/mol. The van der Waals surface area contributed by atoms with E-state index >= 15 is 0 Å². The maximum absolute atomic E-state index is 2.49. The molecule has 1 radical (unpaired) electrons. The summed E-state index contributed by atoms with van der Waals surface area (Å²) in [5, 5.41) is 0. The van der Waals surface area contributed by atoms with Gasteiger partial charge in [0.05, 0.1) is 0 Å². The van der Waals surface area contributed by atoms with Crippen LogP contribution in [-0.2, 0) is 0 Å². The monoisotopic (exact) mass is 181 g/mol. The molecule has 2 fully saturated rings. The summed E-state index contributed by atoms with van der Waals surface area (Å²) >= 11 is 0. The van der Waals surface area contributed by atoms with Crippen molar-refractivity contribution in [1.29, 1.82) is 0 Å². The molecule has 1 spiro atoms. The van der Waals surface area contributed by atoms with Gasteiger partial charge in [0.2, 0.25) is 0 Å². The van der Waals surface area contributed by atoms with Gasteiger partial charge in [-0.1, -0.05) is 0 Å². The normalized spacial score (nSPS) is 30.0. The van der Waals surface area contributed by atoms with Crippen molar-refractivity contribution in [1.82, 2.24) is 9.80 Å². The Labute approximate surface area is 81.9 Å². The van der Waals surface area contributed by atoms with Crippen molar-refractivity contribution in [3.63, 3.8) is 0 Å². The van der Waals surface area contributed by atoms with Gasteiger partial charge in [0.25, 0.3) is 0 Å². The summed E-state index contributed by atoms with van der Waals surface area (Å²) in [5.41, 5.74) is 0.680. The van der Waals surface area contributed by atoms with E-state index < -0.39 is 0 Å². The summed E-state index contributed by atoms with van der Waals surface area (Å²) in [6, 6.07) is 0. The number of hydrogen-bond donors (Lipinski definition) is 0. The van der Waals surface area contributed by atoms with Crippen LogP contribution in [0.4, 0.5) is 0 Å². The Bertz CT molecular complexity index is 171. The van der Waals surface area contributed by atoms with E-state index in [0.29, 0.717) is 5.41 Å². The lowest BCUT2D eigenvalue weighted by molar-refractivity contribution is 0.130. The highest BCUT2D eigenvalue weighted by Gasteiger charge is 2.39. The SMILES string of the molecule is C[CH]N1CCC2(CCN(C)CC2)C1. The summed E-state index contributed by atoms with van der Waals surface area (Å²) in [6.07, 6.45) is 4.24. The molecule has 0 aromatic heterocycles. The maximum atomic E-state index is 2.49. The summed E-state index contributed by atoms with van der Waals surface area (Å²) in [5.74, 6) is 0. The van der Waals surface area contributed by atoms with Gasteiger partial charge >= 0.3 is 0 Å². The van der Waals surface area contributed by atoms with Crippen molar-refractivity contribution in [2.75, 3.05) is 33.2 Å². The minimum Gasteiger partial charge on any atom is -0.306 e. The van der Waals surface area contributed by atoms with Crippen molar-refractivity contribution < 1.29 is 0 Å². The van der Waals surface area contributed by atoms with E-state index in [4.69, 9.17) is 0 Å². The Morgan fingerprint density at radius 1 is 1.08 bits per heavy atom.